The summed E-state index contributed by atoms with van der Waals surface area (Å²) in [5.74, 6) is 0. The summed E-state index contributed by atoms with van der Waals surface area (Å²) in [4.78, 5) is 0. The Morgan fingerprint density at radius 1 is 0.905 bits per heavy atom. The van der Waals surface area contributed by atoms with Crippen LogP contribution >= 0.6 is 12.2 Å². The zero-order chi connectivity index (χ0) is 15.5. The molecule has 0 aliphatic carbocycles. The van der Waals surface area contributed by atoms with E-state index in [2.05, 4.69) is 10.6 Å². The number of nitrogens with two attached hydrogens (primary N) is 1. The summed E-state index contributed by atoms with van der Waals surface area (Å²) in [6, 6.07) is 11.9. The Balaban J connectivity index is 2.16. The highest BCUT2D eigenvalue weighted by atomic mass is 32.1. The molecule has 2 rings (SSSR count). The monoisotopic (exact) mass is 311 g/mol. The van der Waals surface area contributed by atoms with Crippen LogP contribution in [0.2, 0.25) is 0 Å². The van der Waals surface area contributed by atoms with E-state index in [0.29, 0.717) is 11.4 Å². The van der Waals surface area contributed by atoms with Crippen LogP contribution in [0.15, 0.2) is 48.5 Å². The molecule has 0 aliphatic heterocycles. The van der Waals surface area contributed by atoms with Gasteiger partial charge in [-0.2, -0.15) is 13.2 Å². The van der Waals surface area contributed by atoms with Gasteiger partial charge < -0.3 is 16.4 Å². The predicted octanol–water partition coefficient (Wildman–Crippen LogP) is 4.10. The van der Waals surface area contributed by atoms with E-state index in [4.69, 9.17) is 18.0 Å². The number of thiocarbonyl (C=S) groups is 1. The Morgan fingerprint density at radius 2 is 1.43 bits per heavy atom. The number of benzene rings is 2. The number of nitrogen functional groups attached to an aromatic ring is 1. The van der Waals surface area contributed by atoms with Gasteiger partial charge in [-0.1, -0.05) is 24.3 Å². The Morgan fingerprint density at radius 3 is 2.05 bits per heavy atom. The predicted molar refractivity (Wildman–Crippen MR) is 82.1 cm³/mol. The van der Waals surface area contributed by atoms with Crippen molar-refractivity contribution in [2.24, 2.45) is 0 Å². The van der Waals surface area contributed by atoms with Gasteiger partial charge in [0.25, 0.3) is 0 Å². The van der Waals surface area contributed by atoms with E-state index >= 15 is 0 Å². The topological polar surface area (TPSA) is 50.1 Å². The Hall–Kier alpha value is -2.28. The number of nitrogens with one attached hydrogen (secondary N) is 2. The molecule has 0 radical (unpaired) electrons. The van der Waals surface area contributed by atoms with Crippen LogP contribution in [0, 0.1) is 0 Å². The van der Waals surface area contributed by atoms with E-state index in [0.717, 1.165) is 6.07 Å². The first-order valence-electron chi connectivity index (χ1n) is 5.96. The number of rotatable bonds is 2. The van der Waals surface area contributed by atoms with E-state index in [9.17, 15) is 13.2 Å². The molecule has 2 aromatic carbocycles. The molecular weight excluding hydrogens is 299 g/mol. The molecule has 110 valence electrons. The molecule has 0 aromatic heterocycles. The number of anilines is 3. The zero-order valence-corrected chi connectivity index (χ0v) is 11.6. The van der Waals surface area contributed by atoms with Crippen LogP contribution in [0.3, 0.4) is 0 Å². The Bertz CT molecular complexity index is 656. The van der Waals surface area contributed by atoms with Gasteiger partial charge in [-0.05, 0) is 36.5 Å². The molecule has 3 nitrogen and oxygen atoms in total. The molecule has 0 atom stereocenters. The fourth-order valence-corrected chi connectivity index (χ4v) is 1.95. The minimum absolute atomic E-state index is 0.0320. The van der Waals surface area contributed by atoms with Crippen molar-refractivity contribution in [1.29, 1.82) is 0 Å². The Kier molecular flexibility index (Phi) is 4.32. The van der Waals surface area contributed by atoms with E-state index in [1.165, 1.54) is 18.2 Å². The molecule has 0 heterocycles. The lowest BCUT2D eigenvalue weighted by Gasteiger charge is -2.16. The second kappa shape index (κ2) is 6.01. The molecule has 0 saturated carbocycles. The largest absolute Gasteiger partial charge is 0.418 e. The van der Waals surface area contributed by atoms with Crippen LogP contribution in [0.5, 0.6) is 0 Å². The average Bonchev–Trinajstić information content (AvgIpc) is 2.41. The van der Waals surface area contributed by atoms with Gasteiger partial charge in [0.1, 0.15) is 0 Å². The van der Waals surface area contributed by atoms with Gasteiger partial charge in [-0.3, -0.25) is 0 Å². The van der Waals surface area contributed by atoms with E-state index in [1.807, 2.05) is 0 Å². The van der Waals surface area contributed by atoms with E-state index < -0.39 is 11.7 Å². The van der Waals surface area contributed by atoms with Gasteiger partial charge in [0.15, 0.2) is 5.11 Å². The van der Waals surface area contributed by atoms with Crippen LogP contribution in [0.4, 0.5) is 30.2 Å². The van der Waals surface area contributed by atoms with Crippen molar-refractivity contribution in [2.45, 2.75) is 6.18 Å². The fraction of sp³-hybridized carbons (Fsp3) is 0.0714. The second-order valence-corrected chi connectivity index (χ2v) is 4.62. The average molecular weight is 311 g/mol. The summed E-state index contributed by atoms with van der Waals surface area (Å²) >= 11 is 5.02. The van der Waals surface area contributed by atoms with Crippen LogP contribution in [0.25, 0.3) is 0 Å². The van der Waals surface area contributed by atoms with Crippen LogP contribution in [0.1, 0.15) is 5.56 Å². The number of hydrogen-bond donors (Lipinski definition) is 3. The van der Waals surface area contributed by atoms with Crippen molar-refractivity contribution in [3.05, 3.63) is 54.1 Å². The van der Waals surface area contributed by atoms with Crippen molar-refractivity contribution in [1.82, 2.24) is 0 Å². The maximum atomic E-state index is 12.9. The third kappa shape index (κ3) is 3.85. The van der Waals surface area contributed by atoms with Crippen molar-refractivity contribution in [2.75, 3.05) is 16.4 Å². The summed E-state index contributed by atoms with van der Waals surface area (Å²) in [6.07, 6.45) is -4.45. The van der Waals surface area contributed by atoms with Gasteiger partial charge in [-0.15, -0.1) is 0 Å². The molecule has 0 saturated heterocycles. The lowest BCUT2D eigenvalue weighted by atomic mass is 10.1. The first-order chi connectivity index (χ1) is 9.88. The van der Waals surface area contributed by atoms with Crippen molar-refractivity contribution < 1.29 is 13.2 Å². The molecule has 0 fully saturated rings. The lowest BCUT2D eigenvalue weighted by molar-refractivity contribution is -0.136. The molecular formula is C14H12F3N3S. The van der Waals surface area contributed by atoms with Gasteiger partial charge in [-0.25, -0.2) is 0 Å². The Labute approximate surface area is 125 Å². The van der Waals surface area contributed by atoms with E-state index in [-0.39, 0.29) is 10.8 Å². The van der Waals surface area contributed by atoms with Crippen molar-refractivity contribution in [3.8, 4) is 0 Å². The normalized spacial score (nSPS) is 11.0. The maximum Gasteiger partial charge on any atom is 0.418 e. The summed E-state index contributed by atoms with van der Waals surface area (Å²) in [5, 5.41) is 5.33. The molecule has 2 aromatic rings. The van der Waals surface area contributed by atoms with Crippen LogP contribution < -0.4 is 16.4 Å². The third-order valence-corrected chi connectivity index (χ3v) is 2.89. The van der Waals surface area contributed by atoms with E-state index in [1.54, 1.807) is 24.3 Å². The highest BCUT2D eigenvalue weighted by Crippen LogP contribution is 2.34. The molecule has 4 N–H and O–H groups in total. The molecule has 0 spiro atoms. The number of halogens is 3. The number of para-hydroxylation sites is 3. The highest BCUT2D eigenvalue weighted by Gasteiger charge is 2.33. The minimum Gasteiger partial charge on any atom is -0.397 e. The van der Waals surface area contributed by atoms with Gasteiger partial charge in [0.05, 0.1) is 22.6 Å². The van der Waals surface area contributed by atoms with Gasteiger partial charge in [0.2, 0.25) is 0 Å². The fourth-order valence-electron chi connectivity index (χ4n) is 1.73. The van der Waals surface area contributed by atoms with Gasteiger partial charge in [0, 0.05) is 0 Å². The molecule has 7 heteroatoms. The van der Waals surface area contributed by atoms with Gasteiger partial charge >= 0.3 is 6.18 Å². The molecule has 0 unspecified atom stereocenters. The zero-order valence-electron chi connectivity index (χ0n) is 10.7. The number of hydrogen-bond acceptors (Lipinski definition) is 2. The van der Waals surface area contributed by atoms with Crippen LogP contribution in [-0.4, -0.2) is 5.11 Å². The molecule has 0 bridgehead atoms. The SMILES string of the molecule is Nc1ccccc1NC(=S)Nc1ccccc1C(F)(F)F. The summed E-state index contributed by atoms with van der Waals surface area (Å²) in [7, 11) is 0. The summed E-state index contributed by atoms with van der Waals surface area (Å²) in [5.41, 5.74) is 5.81. The van der Waals surface area contributed by atoms with Crippen molar-refractivity contribution in [3.63, 3.8) is 0 Å². The summed E-state index contributed by atoms with van der Waals surface area (Å²) in [6.45, 7) is 0. The standard InChI is InChI=1S/C14H12F3N3S/c15-14(16,17)9-5-1-3-7-11(9)19-13(21)20-12-8-4-2-6-10(12)18/h1-8H,18H2,(H2,19,20,21). The second-order valence-electron chi connectivity index (χ2n) is 4.21. The first kappa shape index (κ1) is 15.1. The van der Waals surface area contributed by atoms with Crippen LogP contribution in [-0.2, 0) is 6.18 Å². The smallest absolute Gasteiger partial charge is 0.397 e. The minimum atomic E-state index is -4.45. The lowest BCUT2D eigenvalue weighted by Crippen LogP contribution is -2.22. The van der Waals surface area contributed by atoms with Crippen molar-refractivity contribution >= 4 is 34.4 Å². The molecule has 0 aliphatic rings. The first-order valence-corrected chi connectivity index (χ1v) is 6.37. The number of alkyl halides is 3. The molecule has 0 amide bonds. The highest BCUT2D eigenvalue weighted by molar-refractivity contribution is 7.80. The maximum absolute atomic E-state index is 12.9. The molecule has 21 heavy (non-hydrogen) atoms. The third-order valence-electron chi connectivity index (χ3n) is 2.69. The quantitative estimate of drug-likeness (QED) is 0.577. The summed E-state index contributed by atoms with van der Waals surface area (Å²) < 4.78 is 38.6.